The lowest BCUT2D eigenvalue weighted by Gasteiger charge is -2.29. The molecule has 396 valence electrons. The molecular weight excluding hydrogens is 1020 g/mol. The molecule has 8 nitrogen and oxygen atoms in total. The fourth-order valence-corrected chi connectivity index (χ4v) is 12.5. The van der Waals surface area contributed by atoms with E-state index >= 15 is 0 Å². The Morgan fingerprint density at radius 2 is 0.512 bits per heavy atom. The highest BCUT2D eigenvalue weighted by atomic mass is 15.3. The molecular formula is C76H52N8. The maximum Gasteiger partial charge on any atom is 0.238 e. The van der Waals surface area contributed by atoms with Gasteiger partial charge in [-0.3, -0.25) is 14.4 Å². The number of aromatic nitrogens is 5. The molecule has 0 unspecified atom stereocenters. The standard InChI is InChI=1S/C76H52N8/c1-7-25-53(26-8-1)79(54-27-9-2-10-28-54)61-43-46-65-62-37-19-24-42-70(62)84(73(65)51-61)76-77-74(80(55-29-11-3-12-30-55)59-44-47-71-66(49-59)63-38-20-22-40-68(63)82(71)57-33-15-5-16-34-57)52-75(78-76)81(56-31-13-4-14-32-56)60-45-48-72-67(50-60)64-39-21-23-41-69(64)83(72)58-35-17-6-18-36-58/h1-52H. The minimum absolute atomic E-state index is 0.516. The fraction of sp³-hybridized carbons (Fsp3) is 0. The van der Waals surface area contributed by atoms with Gasteiger partial charge >= 0.3 is 0 Å². The molecule has 0 amide bonds. The number of benzene rings is 12. The average molecular weight is 1080 g/mol. The number of rotatable bonds is 12. The van der Waals surface area contributed by atoms with Crippen molar-refractivity contribution in [3.63, 3.8) is 0 Å². The van der Waals surface area contributed by atoms with Crippen molar-refractivity contribution in [2.45, 2.75) is 0 Å². The lowest BCUT2D eigenvalue weighted by atomic mass is 10.1. The number of hydrogen-bond acceptors (Lipinski definition) is 5. The van der Waals surface area contributed by atoms with Gasteiger partial charge < -0.3 is 14.0 Å². The first-order valence-corrected chi connectivity index (χ1v) is 28.4. The summed E-state index contributed by atoms with van der Waals surface area (Å²) in [5.74, 6) is 1.89. The summed E-state index contributed by atoms with van der Waals surface area (Å²) in [4.78, 5) is 18.6. The molecule has 12 aromatic carbocycles. The van der Waals surface area contributed by atoms with E-state index < -0.39 is 0 Å². The number of fused-ring (bicyclic) bond motifs is 9. The van der Waals surface area contributed by atoms with Crippen LogP contribution in [0.4, 0.5) is 51.4 Å². The molecule has 0 fully saturated rings. The molecule has 0 atom stereocenters. The number of anilines is 9. The summed E-state index contributed by atoms with van der Waals surface area (Å²) in [6.07, 6.45) is 0. The Morgan fingerprint density at radius 1 is 0.202 bits per heavy atom. The zero-order chi connectivity index (χ0) is 55.5. The van der Waals surface area contributed by atoms with Crippen LogP contribution in [0, 0.1) is 0 Å². The molecule has 0 spiro atoms. The minimum atomic E-state index is 0.516. The van der Waals surface area contributed by atoms with E-state index in [1.165, 1.54) is 0 Å². The Kier molecular flexibility index (Phi) is 11.7. The van der Waals surface area contributed by atoms with Crippen molar-refractivity contribution in [1.29, 1.82) is 0 Å². The quantitative estimate of drug-likeness (QED) is 0.122. The molecule has 84 heavy (non-hydrogen) atoms. The first kappa shape index (κ1) is 48.4. The summed E-state index contributed by atoms with van der Waals surface area (Å²) < 4.78 is 6.98. The molecule has 4 heterocycles. The van der Waals surface area contributed by atoms with E-state index in [-0.39, 0.29) is 0 Å². The normalized spacial score (nSPS) is 11.6. The van der Waals surface area contributed by atoms with Crippen molar-refractivity contribution < 1.29 is 0 Å². The molecule has 0 N–H and O–H groups in total. The maximum atomic E-state index is 5.84. The highest BCUT2D eigenvalue weighted by molar-refractivity contribution is 6.13. The molecule has 0 aliphatic rings. The first-order valence-electron chi connectivity index (χ1n) is 28.4. The Bertz CT molecular complexity index is 4820. The highest BCUT2D eigenvalue weighted by Gasteiger charge is 2.26. The van der Waals surface area contributed by atoms with E-state index in [0.29, 0.717) is 17.6 Å². The number of para-hydroxylation sites is 9. The van der Waals surface area contributed by atoms with Gasteiger partial charge in [-0.25, -0.2) is 0 Å². The second kappa shape index (κ2) is 20.3. The van der Waals surface area contributed by atoms with Gasteiger partial charge in [0.2, 0.25) is 5.95 Å². The average Bonchev–Trinajstić information content (AvgIpc) is 3.59. The smallest absolute Gasteiger partial charge is 0.238 e. The SMILES string of the molecule is c1ccc(N(c2ccccc2)c2ccc3c4ccccc4n(-c4nc(N(c5ccccc5)c5ccc6c(c5)c5ccccc5n6-c5ccccc5)cc(N(c5ccccc5)c5ccc6c(c5)c5ccccc5n6-c5ccccc5)n4)c3c2)cc1. The Hall–Kier alpha value is -11.5. The fourth-order valence-electron chi connectivity index (χ4n) is 12.5. The van der Waals surface area contributed by atoms with E-state index in [0.717, 1.165) is 117 Å². The van der Waals surface area contributed by atoms with Crippen molar-refractivity contribution in [3.8, 4) is 17.3 Å². The largest absolute Gasteiger partial charge is 0.310 e. The predicted molar refractivity (Wildman–Crippen MR) is 349 cm³/mol. The zero-order valence-corrected chi connectivity index (χ0v) is 45.6. The topological polar surface area (TPSA) is 50.3 Å². The highest BCUT2D eigenvalue weighted by Crippen LogP contribution is 2.45. The second-order valence-corrected chi connectivity index (χ2v) is 21.1. The van der Waals surface area contributed by atoms with E-state index in [2.05, 4.69) is 344 Å². The van der Waals surface area contributed by atoms with Gasteiger partial charge in [0.15, 0.2) is 0 Å². The van der Waals surface area contributed by atoms with Crippen LogP contribution in [-0.4, -0.2) is 23.7 Å². The molecule has 0 aliphatic heterocycles. The lowest BCUT2D eigenvalue weighted by Crippen LogP contribution is -2.18. The summed E-state index contributed by atoms with van der Waals surface area (Å²) in [5.41, 5.74) is 15.6. The van der Waals surface area contributed by atoms with Gasteiger partial charge in [0.1, 0.15) is 11.6 Å². The third kappa shape index (κ3) is 8.15. The maximum absolute atomic E-state index is 5.84. The van der Waals surface area contributed by atoms with Gasteiger partial charge in [0.05, 0.1) is 33.1 Å². The first-order chi connectivity index (χ1) is 41.7. The van der Waals surface area contributed by atoms with E-state index in [9.17, 15) is 0 Å². The van der Waals surface area contributed by atoms with Crippen molar-refractivity contribution in [2.75, 3.05) is 14.7 Å². The van der Waals surface area contributed by atoms with Gasteiger partial charge in [-0.15, -0.1) is 0 Å². The minimum Gasteiger partial charge on any atom is -0.310 e. The van der Waals surface area contributed by atoms with Gasteiger partial charge in [0, 0.05) is 89.6 Å². The van der Waals surface area contributed by atoms with Crippen LogP contribution in [0.25, 0.3) is 82.7 Å². The van der Waals surface area contributed by atoms with E-state index in [4.69, 9.17) is 9.97 Å². The van der Waals surface area contributed by atoms with Crippen molar-refractivity contribution in [2.24, 2.45) is 0 Å². The molecule has 0 aliphatic carbocycles. The Morgan fingerprint density at radius 3 is 0.940 bits per heavy atom. The molecule has 8 heteroatoms. The summed E-state index contributed by atoms with van der Waals surface area (Å²) in [5, 5.41) is 6.78. The van der Waals surface area contributed by atoms with Crippen LogP contribution >= 0.6 is 0 Å². The third-order valence-corrected chi connectivity index (χ3v) is 16.2. The monoisotopic (exact) mass is 1080 g/mol. The second-order valence-electron chi connectivity index (χ2n) is 21.1. The summed E-state index contributed by atoms with van der Waals surface area (Å²) >= 11 is 0. The Balaban J connectivity index is 0.982. The summed E-state index contributed by atoms with van der Waals surface area (Å²) in [7, 11) is 0. The van der Waals surface area contributed by atoms with Gasteiger partial charge in [-0.2, -0.15) is 9.97 Å². The van der Waals surface area contributed by atoms with Crippen molar-refractivity contribution >= 4 is 117 Å². The molecule has 0 radical (unpaired) electrons. The molecule has 0 saturated carbocycles. The lowest BCUT2D eigenvalue weighted by molar-refractivity contribution is 0.968. The van der Waals surface area contributed by atoms with Crippen LogP contribution in [-0.2, 0) is 0 Å². The van der Waals surface area contributed by atoms with Gasteiger partial charge in [0.25, 0.3) is 0 Å². The van der Waals surface area contributed by atoms with Crippen LogP contribution in [0.15, 0.2) is 315 Å². The van der Waals surface area contributed by atoms with E-state index in [1.54, 1.807) is 0 Å². The van der Waals surface area contributed by atoms with Gasteiger partial charge in [-0.05, 0) is 140 Å². The molecule has 0 saturated heterocycles. The summed E-state index contributed by atoms with van der Waals surface area (Å²) in [6, 6.07) is 112. The van der Waals surface area contributed by atoms with Crippen molar-refractivity contribution in [3.05, 3.63) is 315 Å². The van der Waals surface area contributed by atoms with Crippen LogP contribution in [0.1, 0.15) is 0 Å². The third-order valence-electron chi connectivity index (χ3n) is 16.2. The van der Waals surface area contributed by atoms with Crippen LogP contribution in [0.2, 0.25) is 0 Å². The Labute approximate surface area is 485 Å². The van der Waals surface area contributed by atoms with Crippen molar-refractivity contribution in [1.82, 2.24) is 23.7 Å². The van der Waals surface area contributed by atoms with Crippen LogP contribution < -0.4 is 14.7 Å². The molecule has 16 rings (SSSR count). The molecule has 4 aromatic heterocycles. The molecule has 0 bridgehead atoms. The van der Waals surface area contributed by atoms with Gasteiger partial charge in [-0.1, -0.05) is 170 Å². The van der Waals surface area contributed by atoms with E-state index in [1.807, 2.05) is 0 Å². The zero-order valence-electron chi connectivity index (χ0n) is 45.6. The van der Waals surface area contributed by atoms with Crippen LogP contribution in [0.5, 0.6) is 0 Å². The number of nitrogens with zero attached hydrogens (tertiary/aromatic N) is 8. The predicted octanol–water partition coefficient (Wildman–Crippen LogP) is 20.2. The van der Waals surface area contributed by atoms with Crippen LogP contribution in [0.3, 0.4) is 0 Å². The molecule has 16 aromatic rings. The number of hydrogen-bond donors (Lipinski definition) is 0. The summed E-state index contributed by atoms with van der Waals surface area (Å²) in [6.45, 7) is 0.